The normalized spacial score (nSPS) is 10.8. The number of ether oxygens (including phenoxy) is 1. The molecule has 1 aromatic rings. The van der Waals surface area contributed by atoms with Crippen molar-refractivity contribution in [1.29, 1.82) is 0 Å². The van der Waals surface area contributed by atoms with Crippen LogP contribution in [0.25, 0.3) is 0 Å². The molecule has 0 aliphatic carbocycles. The molecule has 0 fully saturated rings. The Morgan fingerprint density at radius 1 is 1.38 bits per heavy atom. The highest BCUT2D eigenvalue weighted by molar-refractivity contribution is 6.35. The van der Waals surface area contributed by atoms with Gasteiger partial charge in [-0.3, -0.25) is 19.7 Å². The minimum Gasteiger partial charge on any atom is -0.379 e. The van der Waals surface area contributed by atoms with Gasteiger partial charge in [0.25, 0.3) is 5.69 Å². The summed E-state index contributed by atoms with van der Waals surface area (Å²) in [5, 5.41) is 16.7. The third-order valence-corrected chi connectivity index (χ3v) is 2.72. The van der Waals surface area contributed by atoms with Gasteiger partial charge in [0.15, 0.2) is 0 Å². The van der Waals surface area contributed by atoms with E-state index in [0.29, 0.717) is 25.1 Å². The Labute approximate surface area is 139 Å². The first-order valence-corrected chi connectivity index (χ1v) is 7.37. The first kappa shape index (κ1) is 19.2. The molecule has 2 amide bonds. The number of rotatable bonds is 8. The lowest BCUT2D eigenvalue weighted by Crippen LogP contribution is -2.38. The van der Waals surface area contributed by atoms with Crippen LogP contribution in [0.5, 0.6) is 0 Å². The molecule has 0 saturated carbocycles. The van der Waals surface area contributed by atoms with Gasteiger partial charge in [0.1, 0.15) is 0 Å². The molecule has 9 heteroatoms. The molecule has 0 aliphatic heterocycles. The highest BCUT2D eigenvalue weighted by Crippen LogP contribution is 2.11. The maximum absolute atomic E-state index is 11.5. The SMILES string of the molecule is CC(C)OCCCNC(=O)C(=O)N/N=C\c1cccc([N+](=O)[O-])c1. The van der Waals surface area contributed by atoms with E-state index in [4.69, 9.17) is 4.74 Å². The Kier molecular flexibility index (Phi) is 8.06. The van der Waals surface area contributed by atoms with E-state index >= 15 is 0 Å². The maximum Gasteiger partial charge on any atom is 0.329 e. The third-order valence-electron chi connectivity index (χ3n) is 2.72. The van der Waals surface area contributed by atoms with E-state index in [1.807, 2.05) is 13.8 Å². The van der Waals surface area contributed by atoms with Crippen LogP contribution < -0.4 is 10.7 Å². The van der Waals surface area contributed by atoms with Gasteiger partial charge in [-0.1, -0.05) is 12.1 Å². The summed E-state index contributed by atoms with van der Waals surface area (Å²) in [7, 11) is 0. The van der Waals surface area contributed by atoms with Crippen molar-refractivity contribution < 1.29 is 19.2 Å². The number of benzene rings is 1. The standard InChI is InChI=1S/C15H20N4O5/c1-11(2)24-8-4-7-16-14(20)15(21)18-17-10-12-5-3-6-13(9-12)19(22)23/h3,5-6,9-11H,4,7-8H2,1-2H3,(H,16,20)(H,18,21)/b17-10-. The zero-order valence-electron chi connectivity index (χ0n) is 13.5. The van der Waals surface area contributed by atoms with E-state index < -0.39 is 16.7 Å². The van der Waals surface area contributed by atoms with Crippen LogP contribution in [0.15, 0.2) is 29.4 Å². The predicted octanol–water partition coefficient (Wildman–Crippen LogP) is 0.976. The lowest BCUT2D eigenvalue weighted by Gasteiger charge is -2.07. The zero-order valence-corrected chi connectivity index (χ0v) is 13.5. The van der Waals surface area contributed by atoms with Crippen LogP contribution in [0, 0.1) is 10.1 Å². The van der Waals surface area contributed by atoms with Crippen LogP contribution in [0.4, 0.5) is 5.69 Å². The minimum atomic E-state index is -0.915. The molecule has 24 heavy (non-hydrogen) atoms. The second kappa shape index (κ2) is 10.1. The summed E-state index contributed by atoms with van der Waals surface area (Å²) < 4.78 is 5.30. The largest absolute Gasteiger partial charge is 0.379 e. The average Bonchev–Trinajstić information content (AvgIpc) is 2.54. The van der Waals surface area contributed by atoms with Crippen LogP contribution in [0.2, 0.25) is 0 Å². The van der Waals surface area contributed by atoms with Crippen molar-refractivity contribution in [3.05, 3.63) is 39.9 Å². The van der Waals surface area contributed by atoms with Crippen molar-refractivity contribution in [3.8, 4) is 0 Å². The van der Waals surface area contributed by atoms with Crippen LogP contribution in [-0.2, 0) is 14.3 Å². The number of non-ortho nitro benzene ring substituents is 1. The van der Waals surface area contributed by atoms with E-state index in [1.54, 1.807) is 6.07 Å². The molecule has 130 valence electrons. The summed E-state index contributed by atoms with van der Waals surface area (Å²) >= 11 is 0. The minimum absolute atomic E-state index is 0.0911. The molecule has 0 spiro atoms. The molecule has 0 heterocycles. The molecule has 0 bridgehead atoms. The van der Waals surface area contributed by atoms with E-state index in [2.05, 4.69) is 15.8 Å². The van der Waals surface area contributed by atoms with Crippen molar-refractivity contribution in [3.63, 3.8) is 0 Å². The molecule has 0 saturated heterocycles. The Morgan fingerprint density at radius 3 is 2.79 bits per heavy atom. The van der Waals surface area contributed by atoms with E-state index in [1.165, 1.54) is 24.4 Å². The second-order valence-corrected chi connectivity index (χ2v) is 5.08. The molecule has 2 N–H and O–H groups in total. The Balaban J connectivity index is 2.35. The quantitative estimate of drug-likeness (QED) is 0.241. The summed E-state index contributed by atoms with van der Waals surface area (Å²) in [6.07, 6.45) is 1.93. The first-order chi connectivity index (χ1) is 11.4. The fourth-order valence-electron chi connectivity index (χ4n) is 1.61. The van der Waals surface area contributed by atoms with Crippen molar-refractivity contribution in [2.75, 3.05) is 13.2 Å². The second-order valence-electron chi connectivity index (χ2n) is 5.08. The summed E-state index contributed by atoms with van der Waals surface area (Å²) in [6, 6.07) is 5.71. The summed E-state index contributed by atoms with van der Waals surface area (Å²) in [5.74, 6) is -1.72. The maximum atomic E-state index is 11.5. The van der Waals surface area contributed by atoms with Crippen molar-refractivity contribution in [1.82, 2.24) is 10.7 Å². The van der Waals surface area contributed by atoms with E-state index in [-0.39, 0.29) is 11.8 Å². The van der Waals surface area contributed by atoms with Gasteiger partial charge >= 0.3 is 11.8 Å². The van der Waals surface area contributed by atoms with Crippen LogP contribution in [-0.4, -0.2) is 42.2 Å². The smallest absolute Gasteiger partial charge is 0.329 e. The van der Waals surface area contributed by atoms with Gasteiger partial charge in [0.2, 0.25) is 0 Å². The molecular weight excluding hydrogens is 316 g/mol. The first-order valence-electron chi connectivity index (χ1n) is 7.37. The van der Waals surface area contributed by atoms with Crippen molar-refractivity contribution >= 4 is 23.7 Å². The molecule has 1 aromatic carbocycles. The number of carbonyl (C=O) groups excluding carboxylic acids is 2. The van der Waals surface area contributed by atoms with Gasteiger partial charge in [-0.15, -0.1) is 0 Å². The van der Waals surface area contributed by atoms with Crippen LogP contribution >= 0.6 is 0 Å². The number of nitro benzene ring substituents is 1. The van der Waals surface area contributed by atoms with E-state index in [0.717, 1.165) is 0 Å². The molecule has 0 unspecified atom stereocenters. The summed E-state index contributed by atoms with van der Waals surface area (Å²) in [6.45, 7) is 4.62. The monoisotopic (exact) mass is 336 g/mol. The Bertz CT molecular complexity index is 616. The van der Waals surface area contributed by atoms with Crippen LogP contribution in [0.3, 0.4) is 0 Å². The lowest BCUT2D eigenvalue weighted by atomic mass is 10.2. The van der Waals surface area contributed by atoms with Gasteiger partial charge in [0.05, 0.1) is 17.2 Å². The highest BCUT2D eigenvalue weighted by Gasteiger charge is 2.11. The number of nitro groups is 1. The fraction of sp³-hybridized carbons (Fsp3) is 0.400. The van der Waals surface area contributed by atoms with Crippen molar-refractivity contribution in [2.45, 2.75) is 26.4 Å². The molecule has 0 atom stereocenters. The van der Waals surface area contributed by atoms with Gasteiger partial charge in [0, 0.05) is 30.8 Å². The zero-order chi connectivity index (χ0) is 17.9. The fourth-order valence-corrected chi connectivity index (χ4v) is 1.61. The number of carbonyl (C=O) groups is 2. The highest BCUT2D eigenvalue weighted by atomic mass is 16.6. The number of hydrogen-bond acceptors (Lipinski definition) is 6. The lowest BCUT2D eigenvalue weighted by molar-refractivity contribution is -0.384. The third kappa shape index (κ3) is 7.45. The Hall–Kier alpha value is -2.81. The van der Waals surface area contributed by atoms with E-state index in [9.17, 15) is 19.7 Å². The molecule has 9 nitrogen and oxygen atoms in total. The summed E-state index contributed by atoms with van der Waals surface area (Å²) in [4.78, 5) is 33.1. The predicted molar refractivity (Wildman–Crippen MR) is 87.5 cm³/mol. The van der Waals surface area contributed by atoms with Crippen molar-refractivity contribution in [2.24, 2.45) is 5.10 Å². The number of hydrazone groups is 1. The Morgan fingerprint density at radius 2 is 2.12 bits per heavy atom. The van der Waals surface area contributed by atoms with Gasteiger partial charge in [-0.05, 0) is 20.3 Å². The molecule has 0 radical (unpaired) electrons. The number of amides is 2. The number of hydrogen-bond donors (Lipinski definition) is 2. The topological polar surface area (TPSA) is 123 Å². The molecule has 1 rings (SSSR count). The van der Waals surface area contributed by atoms with Crippen LogP contribution in [0.1, 0.15) is 25.8 Å². The number of nitrogens with one attached hydrogen (secondary N) is 2. The number of nitrogens with zero attached hydrogens (tertiary/aromatic N) is 2. The van der Waals surface area contributed by atoms with Gasteiger partial charge in [-0.25, -0.2) is 5.43 Å². The average molecular weight is 336 g/mol. The summed E-state index contributed by atoms with van der Waals surface area (Å²) in [5.41, 5.74) is 2.39. The molecule has 0 aliphatic rings. The van der Waals surface area contributed by atoms with Gasteiger partial charge in [-0.2, -0.15) is 5.10 Å². The molecule has 0 aromatic heterocycles. The van der Waals surface area contributed by atoms with Gasteiger partial charge < -0.3 is 10.1 Å². The molecular formula is C15H20N4O5.